The molecule has 0 saturated carbocycles. The number of nitrogens with zero attached hydrogens (tertiary/aromatic N) is 2. The van der Waals surface area contributed by atoms with Crippen molar-refractivity contribution in [2.75, 3.05) is 7.11 Å². The highest BCUT2D eigenvalue weighted by Crippen LogP contribution is 2.13. The molecule has 2 aromatic carbocycles. The van der Waals surface area contributed by atoms with Crippen molar-refractivity contribution in [1.29, 1.82) is 5.26 Å². The first kappa shape index (κ1) is 17.0. The molecule has 0 fully saturated rings. The molecule has 1 N–H and O–H groups in total. The second-order valence-electron chi connectivity index (χ2n) is 4.91. The van der Waals surface area contributed by atoms with Crippen LogP contribution in [0.3, 0.4) is 0 Å². The maximum Gasteiger partial charge on any atom is 0.280 e. The Kier molecular flexibility index (Phi) is 5.92. The van der Waals surface area contributed by atoms with Gasteiger partial charge in [-0.15, -0.1) is 0 Å². The van der Waals surface area contributed by atoms with Crippen LogP contribution >= 0.6 is 0 Å². The predicted octanol–water partition coefficient (Wildman–Crippen LogP) is 2.48. The molecule has 24 heavy (non-hydrogen) atoms. The van der Waals surface area contributed by atoms with Gasteiger partial charge >= 0.3 is 0 Å². The molecule has 0 bridgehead atoms. The van der Waals surface area contributed by atoms with Crippen LogP contribution in [0.2, 0.25) is 0 Å². The van der Waals surface area contributed by atoms with Gasteiger partial charge in [0.2, 0.25) is 0 Å². The van der Waals surface area contributed by atoms with Gasteiger partial charge in [-0.1, -0.05) is 12.1 Å². The van der Waals surface area contributed by atoms with Crippen LogP contribution in [0.15, 0.2) is 53.6 Å². The summed E-state index contributed by atoms with van der Waals surface area (Å²) in [5.74, 6) is 0.842. The average molecular weight is 323 g/mol. The molecule has 6 nitrogen and oxygen atoms in total. The Morgan fingerprint density at radius 3 is 2.67 bits per heavy atom. The molecule has 1 amide bonds. The fourth-order valence-electron chi connectivity index (χ4n) is 1.85. The highest BCUT2D eigenvalue weighted by Gasteiger charge is 2.13. The molecule has 2 rings (SSSR count). The van der Waals surface area contributed by atoms with Gasteiger partial charge in [-0.25, -0.2) is 5.43 Å². The summed E-state index contributed by atoms with van der Waals surface area (Å²) in [4.78, 5) is 12.0. The van der Waals surface area contributed by atoms with Crippen molar-refractivity contribution < 1.29 is 14.3 Å². The van der Waals surface area contributed by atoms with E-state index in [1.807, 2.05) is 24.3 Å². The average Bonchev–Trinajstić information content (AvgIpc) is 2.62. The van der Waals surface area contributed by atoms with E-state index in [2.05, 4.69) is 10.5 Å². The Labute approximate surface area is 140 Å². The standard InChI is InChI=1S/C18H17N3O3/c1-13(24-16-8-6-14(11-19)7-9-16)18(22)21-20-12-15-4-3-5-17(10-15)23-2/h3-10,12-13H,1-2H3,(H,21,22)/b20-12+. The number of nitriles is 1. The number of nitrogens with one attached hydrogen (secondary N) is 1. The van der Waals surface area contributed by atoms with Gasteiger partial charge in [0.25, 0.3) is 5.91 Å². The summed E-state index contributed by atoms with van der Waals surface area (Å²) in [6.07, 6.45) is 0.801. The third-order valence-corrected chi connectivity index (χ3v) is 3.15. The van der Waals surface area contributed by atoms with E-state index < -0.39 is 6.10 Å². The van der Waals surface area contributed by atoms with Crippen molar-refractivity contribution in [3.8, 4) is 17.6 Å². The lowest BCUT2D eigenvalue weighted by Crippen LogP contribution is -2.33. The molecule has 0 heterocycles. The summed E-state index contributed by atoms with van der Waals surface area (Å²) >= 11 is 0. The Morgan fingerprint density at radius 1 is 1.25 bits per heavy atom. The first-order valence-electron chi connectivity index (χ1n) is 7.26. The molecule has 1 atom stereocenters. The zero-order valence-corrected chi connectivity index (χ0v) is 13.4. The largest absolute Gasteiger partial charge is 0.497 e. The van der Waals surface area contributed by atoms with Crippen LogP contribution in [0, 0.1) is 11.3 Å². The third-order valence-electron chi connectivity index (χ3n) is 3.15. The van der Waals surface area contributed by atoms with Crippen LogP contribution in [0.4, 0.5) is 0 Å². The number of amides is 1. The Morgan fingerprint density at radius 2 is 2.00 bits per heavy atom. The normalized spacial score (nSPS) is 11.5. The number of hydrazone groups is 1. The van der Waals surface area contributed by atoms with E-state index in [-0.39, 0.29) is 5.91 Å². The zero-order chi connectivity index (χ0) is 17.4. The maximum absolute atomic E-state index is 12.0. The van der Waals surface area contributed by atoms with Crippen LogP contribution in [0.25, 0.3) is 0 Å². The van der Waals surface area contributed by atoms with Crippen molar-refractivity contribution in [2.24, 2.45) is 5.10 Å². The fourth-order valence-corrected chi connectivity index (χ4v) is 1.85. The van der Waals surface area contributed by atoms with Crippen molar-refractivity contribution in [3.63, 3.8) is 0 Å². The van der Waals surface area contributed by atoms with E-state index in [0.717, 1.165) is 5.56 Å². The highest BCUT2D eigenvalue weighted by atomic mass is 16.5. The van der Waals surface area contributed by atoms with Crippen LogP contribution in [-0.2, 0) is 4.79 Å². The molecule has 0 aliphatic carbocycles. The van der Waals surface area contributed by atoms with Crippen molar-refractivity contribution in [1.82, 2.24) is 5.43 Å². The molecular weight excluding hydrogens is 306 g/mol. The van der Waals surface area contributed by atoms with E-state index >= 15 is 0 Å². The molecule has 0 saturated heterocycles. The van der Waals surface area contributed by atoms with Crippen LogP contribution in [0.5, 0.6) is 11.5 Å². The lowest BCUT2D eigenvalue weighted by Gasteiger charge is -2.12. The number of hydrogen-bond donors (Lipinski definition) is 1. The highest BCUT2D eigenvalue weighted by molar-refractivity contribution is 5.84. The van der Waals surface area contributed by atoms with Crippen LogP contribution < -0.4 is 14.9 Å². The van der Waals surface area contributed by atoms with Gasteiger partial charge < -0.3 is 9.47 Å². The van der Waals surface area contributed by atoms with Gasteiger partial charge in [0.1, 0.15) is 11.5 Å². The number of hydrogen-bond acceptors (Lipinski definition) is 5. The quantitative estimate of drug-likeness (QED) is 0.654. The SMILES string of the molecule is COc1cccc(/C=N/NC(=O)C(C)Oc2ccc(C#N)cc2)c1. The molecule has 0 radical (unpaired) electrons. The molecule has 6 heteroatoms. The Hall–Kier alpha value is -3.33. The van der Waals surface area contributed by atoms with Gasteiger partial charge in [0.05, 0.1) is 25.0 Å². The zero-order valence-electron chi connectivity index (χ0n) is 13.4. The second-order valence-corrected chi connectivity index (χ2v) is 4.91. The number of rotatable bonds is 6. The summed E-state index contributed by atoms with van der Waals surface area (Å²) in [5, 5.41) is 12.6. The van der Waals surface area contributed by atoms with Gasteiger partial charge in [-0.05, 0) is 48.9 Å². The van der Waals surface area contributed by atoms with Crippen molar-refractivity contribution in [2.45, 2.75) is 13.0 Å². The lowest BCUT2D eigenvalue weighted by molar-refractivity contribution is -0.127. The maximum atomic E-state index is 12.0. The molecular formula is C18H17N3O3. The van der Waals surface area contributed by atoms with E-state index in [1.54, 1.807) is 44.4 Å². The van der Waals surface area contributed by atoms with Gasteiger partial charge in [-0.3, -0.25) is 4.79 Å². The lowest BCUT2D eigenvalue weighted by atomic mass is 10.2. The summed E-state index contributed by atoms with van der Waals surface area (Å²) in [6.45, 7) is 1.62. The van der Waals surface area contributed by atoms with Crippen LogP contribution in [0.1, 0.15) is 18.1 Å². The number of carbonyl (C=O) groups is 1. The fraction of sp³-hybridized carbons (Fsp3) is 0.167. The molecule has 0 aliphatic rings. The molecule has 2 aromatic rings. The number of ether oxygens (including phenoxy) is 2. The van der Waals surface area contributed by atoms with Gasteiger partial charge in [0, 0.05) is 0 Å². The molecule has 0 aromatic heterocycles. The topological polar surface area (TPSA) is 83.7 Å². The second kappa shape index (κ2) is 8.34. The molecule has 0 spiro atoms. The molecule has 0 aliphatic heterocycles. The molecule has 1 unspecified atom stereocenters. The van der Waals surface area contributed by atoms with Gasteiger partial charge in [0.15, 0.2) is 6.10 Å². The first-order valence-corrected chi connectivity index (χ1v) is 7.26. The molecule has 122 valence electrons. The van der Waals surface area contributed by atoms with E-state index in [9.17, 15) is 4.79 Å². The third kappa shape index (κ3) is 4.85. The number of benzene rings is 2. The minimum absolute atomic E-state index is 0.376. The van der Waals surface area contributed by atoms with E-state index in [0.29, 0.717) is 17.1 Å². The Bertz CT molecular complexity index is 764. The van der Waals surface area contributed by atoms with E-state index in [4.69, 9.17) is 14.7 Å². The number of carbonyl (C=O) groups excluding carboxylic acids is 1. The summed E-state index contributed by atoms with van der Waals surface area (Å²) in [7, 11) is 1.58. The van der Waals surface area contributed by atoms with Crippen molar-refractivity contribution in [3.05, 3.63) is 59.7 Å². The minimum Gasteiger partial charge on any atom is -0.497 e. The van der Waals surface area contributed by atoms with Crippen molar-refractivity contribution >= 4 is 12.1 Å². The summed E-state index contributed by atoms with van der Waals surface area (Å²) in [6, 6.07) is 15.8. The first-order chi connectivity index (χ1) is 11.6. The van der Waals surface area contributed by atoms with Crippen LogP contribution in [-0.4, -0.2) is 25.3 Å². The Balaban J connectivity index is 1.88. The summed E-state index contributed by atoms with van der Waals surface area (Å²) < 4.78 is 10.6. The number of methoxy groups -OCH3 is 1. The van der Waals surface area contributed by atoms with E-state index in [1.165, 1.54) is 6.21 Å². The summed E-state index contributed by atoms with van der Waals surface area (Å²) in [5.41, 5.74) is 3.75. The smallest absolute Gasteiger partial charge is 0.280 e. The minimum atomic E-state index is -0.722. The van der Waals surface area contributed by atoms with Gasteiger partial charge in [-0.2, -0.15) is 10.4 Å². The predicted molar refractivity (Wildman–Crippen MR) is 90.0 cm³/mol. The monoisotopic (exact) mass is 323 g/mol.